The molecule has 1 unspecified atom stereocenters. The van der Waals surface area contributed by atoms with E-state index in [9.17, 15) is 0 Å². The quantitative estimate of drug-likeness (QED) is 0.887. The summed E-state index contributed by atoms with van der Waals surface area (Å²) in [5, 5.41) is 4.42. The van der Waals surface area contributed by atoms with Crippen LogP contribution in [0.4, 0.5) is 0 Å². The van der Waals surface area contributed by atoms with Gasteiger partial charge in [0.25, 0.3) is 0 Å². The van der Waals surface area contributed by atoms with Crippen molar-refractivity contribution in [1.29, 1.82) is 0 Å². The average molecular weight is 291 g/mol. The number of hydrogen-bond acceptors (Lipinski definition) is 5. The van der Waals surface area contributed by atoms with Crippen LogP contribution in [0, 0.1) is 0 Å². The minimum Gasteiger partial charge on any atom is -0.490 e. The average Bonchev–Trinajstić information content (AvgIpc) is 3.14. The zero-order chi connectivity index (χ0) is 14.7. The number of ether oxygens (including phenoxy) is 3. The van der Waals surface area contributed by atoms with Gasteiger partial charge < -0.3 is 23.9 Å². The lowest BCUT2D eigenvalue weighted by atomic mass is 10.2. The van der Waals surface area contributed by atoms with Crippen LogP contribution in [0.15, 0.2) is 28.7 Å². The van der Waals surface area contributed by atoms with Gasteiger partial charge >= 0.3 is 0 Å². The molecular formula is C16H21NO4. The molecule has 114 valence electrons. The summed E-state index contributed by atoms with van der Waals surface area (Å²) < 4.78 is 22.4. The summed E-state index contributed by atoms with van der Waals surface area (Å²) in [6, 6.07) is 8.06. The Morgan fingerprint density at radius 1 is 1.33 bits per heavy atom. The van der Waals surface area contributed by atoms with E-state index in [4.69, 9.17) is 18.6 Å². The molecule has 1 aromatic heterocycles. The zero-order valence-corrected chi connectivity index (χ0v) is 12.4. The zero-order valence-electron chi connectivity index (χ0n) is 12.4. The summed E-state index contributed by atoms with van der Waals surface area (Å²) in [6.07, 6.45) is -0.157. The van der Waals surface area contributed by atoms with Gasteiger partial charge in [-0.3, -0.25) is 0 Å². The van der Waals surface area contributed by atoms with E-state index in [2.05, 4.69) is 12.2 Å². The van der Waals surface area contributed by atoms with Crippen LogP contribution in [-0.4, -0.2) is 32.7 Å². The highest BCUT2D eigenvalue weighted by Gasteiger charge is 2.19. The second-order valence-electron chi connectivity index (χ2n) is 5.06. The normalized spacial score (nSPS) is 17.4. The van der Waals surface area contributed by atoms with Gasteiger partial charge in [-0.05, 0) is 26.0 Å². The molecule has 1 N–H and O–H groups in total. The van der Waals surface area contributed by atoms with E-state index in [0.29, 0.717) is 26.4 Å². The number of rotatable bonds is 6. The lowest BCUT2D eigenvalue weighted by molar-refractivity contribution is -0.0406. The maximum absolute atomic E-state index is 5.96. The van der Waals surface area contributed by atoms with Crippen LogP contribution in [0.25, 0.3) is 11.0 Å². The Balaban J connectivity index is 1.72. The van der Waals surface area contributed by atoms with Gasteiger partial charge in [0.2, 0.25) is 0 Å². The van der Waals surface area contributed by atoms with Crippen molar-refractivity contribution < 1.29 is 18.6 Å². The first-order valence-corrected chi connectivity index (χ1v) is 7.39. The molecule has 3 rings (SSSR count). The van der Waals surface area contributed by atoms with E-state index in [0.717, 1.165) is 22.5 Å². The van der Waals surface area contributed by atoms with Crippen molar-refractivity contribution in [3.05, 3.63) is 30.0 Å². The molecule has 2 aromatic rings. The van der Waals surface area contributed by atoms with Crippen molar-refractivity contribution in [1.82, 2.24) is 5.32 Å². The van der Waals surface area contributed by atoms with Crippen LogP contribution in [0.2, 0.25) is 0 Å². The van der Waals surface area contributed by atoms with Gasteiger partial charge in [-0.1, -0.05) is 12.1 Å². The molecule has 21 heavy (non-hydrogen) atoms. The first kappa shape index (κ1) is 14.4. The SMILES string of the molecule is CCOc1cccc2cc(C(C)NCC3OCCO3)oc12. The van der Waals surface area contributed by atoms with E-state index in [1.165, 1.54) is 0 Å². The molecule has 1 fully saturated rings. The topological polar surface area (TPSA) is 52.9 Å². The molecule has 0 spiro atoms. The number of fused-ring (bicyclic) bond motifs is 1. The third-order valence-electron chi connectivity index (χ3n) is 3.54. The fraction of sp³-hybridized carbons (Fsp3) is 0.500. The summed E-state index contributed by atoms with van der Waals surface area (Å²) >= 11 is 0. The standard InChI is InChI=1S/C16H21NO4/c1-3-18-13-6-4-5-12-9-14(21-16(12)13)11(2)17-10-15-19-7-8-20-15/h4-6,9,11,15,17H,3,7-8,10H2,1-2H3. The monoisotopic (exact) mass is 291 g/mol. The third kappa shape index (κ3) is 3.20. The highest BCUT2D eigenvalue weighted by atomic mass is 16.7. The molecule has 1 aliphatic heterocycles. The molecule has 1 atom stereocenters. The molecule has 0 saturated carbocycles. The van der Waals surface area contributed by atoms with E-state index in [-0.39, 0.29) is 12.3 Å². The maximum Gasteiger partial charge on any atom is 0.176 e. The maximum atomic E-state index is 5.96. The van der Waals surface area contributed by atoms with Crippen molar-refractivity contribution >= 4 is 11.0 Å². The summed E-state index contributed by atoms with van der Waals surface area (Å²) in [5.41, 5.74) is 0.802. The molecule has 0 aliphatic carbocycles. The molecule has 5 heteroatoms. The minimum atomic E-state index is -0.157. The number of benzene rings is 1. The predicted octanol–water partition coefficient (Wildman–Crippen LogP) is 2.86. The van der Waals surface area contributed by atoms with E-state index in [1.807, 2.05) is 31.2 Å². The Bertz CT molecular complexity index is 589. The molecule has 0 amide bonds. The van der Waals surface area contributed by atoms with Crippen molar-refractivity contribution in [3.63, 3.8) is 0 Å². The van der Waals surface area contributed by atoms with Gasteiger partial charge in [-0.2, -0.15) is 0 Å². The van der Waals surface area contributed by atoms with Gasteiger partial charge in [0.05, 0.1) is 25.9 Å². The Morgan fingerprint density at radius 3 is 2.90 bits per heavy atom. The number of hydrogen-bond donors (Lipinski definition) is 1. The largest absolute Gasteiger partial charge is 0.490 e. The molecule has 1 aliphatic rings. The van der Waals surface area contributed by atoms with Gasteiger partial charge in [0.1, 0.15) is 5.76 Å². The lowest BCUT2D eigenvalue weighted by Crippen LogP contribution is -2.29. The molecule has 2 heterocycles. The summed E-state index contributed by atoms with van der Waals surface area (Å²) in [5.74, 6) is 1.67. The minimum absolute atomic E-state index is 0.0830. The Morgan fingerprint density at radius 2 is 2.14 bits per heavy atom. The Kier molecular flexibility index (Phi) is 4.43. The fourth-order valence-electron chi connectivity index (χ4n) is 2.44. The Hall–Kier alpha value is -1.56. The van der Waals surface area contributed by atoms with Crippen LogP contribution in [0.1, 0.15) is 25.6 Å². The smallest absolute Gasteiger partial charge is 0.176 e. The Labute approximate surface area is 124 Å². The number of furan rings is 1. The van der Waals surface area contributed by atoms with Crippen LogP contribution in [-0.2, 0) is 9.47 Å². The van der Waals surface area contributed by atoms with Crippen molar-refractivity contribution in [2.75, 3.05) is 26.4 Å². The predicted molar refractivity (Wildman–Crippen MR) is 79.5 cm³/mol. The van der Waals surface area contributed by atoms with Crippen LogP contribution in [0.3, 0.4) is 0 Å². The van der Waals surface area contributed by atoms with Crippen molar-refractivity contribution in [3.8, 4) is 5.75 Å². The van der Waals surface area contributed by atoms with Crippen molar-refractivity contribution in [2.45, 2.75) is 26.2 Å². The summed E-state index contributed by atoms with van der Waals surface area (Å²) in [6.45, 7) is 6.64. The van der Waals surface area contributed by atoms with E-state index >= 15 is 0 Å². The first-order valence-electron chi connectivity index (χ1n) is 7.39. The lowest BCUT2D eigenvalue weighted by Gasteiger charge is -2.14. The second-order valence-corrected chi connectivity index (χ2v) is 5.06. The highest BCUT2D eigenvalue weighted by molar-refractivity contribution is 5.83. The third-order valence-corrected chi connectivity index (χ3v) is 3.54. The highest BCUT2D eigenvalue weighted by Crippen LogP contribution is 2.31. The fourth-order valence-corrected chi connectivity index (χ4v) is 2.44. The number of para-hydroxylation sites is 1. The second kappa shape index (κ2) is 6.47. The summed E-state index contributed by atoms with van der Waals surface area (Å²) in [7, 11) is 0. The molecular weight excluding hydrogens is 270 g/mol. The molecule has 1 saturated heterocycles. The van der Waals surface area contributed by atoms with Crippen LogP contribution >= 0.6 is 0 Å². The van der Waals surface area contributed by atoms with Gasteiger partial charge in [-0.15, -0.1) is 0 Å². The van der Waals surface area contributed by atoms with E-state index < -0.39 is 0 Å². The van der Waals surface area contributed by atoms with Crippen LogP contribution < -0.4 is 10.1 Å². The van der Waals surface area contributed by atoms with Gasteiger partial charge in [-0.25, -0.2) is 0 Å². The first-order chi connectivity index (χ1) is 10.3. The van der Waals surface area contributed by atoms with Crippen LogP contribution in [0.5, 0.6) is 5.75 Å². The van der Waals surface area contributed by atoms with Gasteiger partial charge in [0, 0.05) is 11.9 Å². The molecule has 0 bridgehead atoms. The molecule has 1 aromatic carbocycles. The van der Waals surface area contributed by atoms with Gasteiger partial charge in [0.15, 0.2) is 17.6 Å². The molecule has 5 nitrogen and oxygen atoms in total. The van der Waals surface area contributed by atoms with Crippen molar-refractivity contribution in [2.24, 2.45) is 0 Å². The number of nitrogens with one attached hydrogen (secondary N) is 1. The molecule has 0 radical (unpaired) electrons. The summed E-state index contributed by atoms with van der Waals surface area (Å²) in [4.78, 5) is 0. The van der Waals surface area contributed by atoms with E-state index in [1.54, 1.807) is 0 Å².